The Bertz CT molecular complexity index is 790. The molecule has 2 aromatic carbocycles. The van der Waals surface area contributed by atoms with E-state index in [1.165, 1.54) is 12.1 Å². The number of rotatable bonds is 4. The van der Waals surface area contributed by atoms with Crippen molar-refractivity contribution in [2.75, 3.05) is 13.3 Å². The Labute approximate surface area is 133 Å². The highest BCUT2D eigenvalue weighted by Gasteiger charge is 2.29. The fourth-order valence-corrected chi connectivity index (χ4v) is 4.07. The van der Waals surface area contributed by atoms with Crippen molar-refractivity contribution in [3.63, 3.8) is 0 Å². The van der Waals surface area contributed by atoms with Crippen molar-refractivity contribution < 1.29 is 17.9 Å². The summed E-state index contributed by atoms with van der Waals surface area (Å²) in [5, 5.41) is -0.380. The molecule has 7 heteroatoms. The summed E-state index contributed by atoms with van der Waals surface area (Å²) in [4.78, 5) is 0.185. The average Bonchev–Trinajstić information content (AvgIpc) is 2.96. The predicted molar refractivity (Wildman–Crippen MR) is 83.0 cm³/mol. The summed E-state index contributed by atoms with van der Waals surface area (Å²) in [6, 6.07) is 11.1. The Morgan fingerprint density at radius 2 is 1.77 bits per heavy atom. The van der Waals surface area contributed by atoms with Crippen molar-refractivity contribution in [1.82, 2.24) is 0 Å². The van der Waals surface area contributed by atoms with Gasteiger partial charge in [-0.25, -0.2) is 8.42 Å². The number of hydrogen-bond acceptors (Lipinski definition) is 5. The molecule has 0 unspecified atom stereocenters. The maximum Gasteiger partial charge on any atom is 0.231 e. The normalized spacial score (nSPS) is 14.8. The highest BCUT2D eigenvalue weighted by molar-refractivity contribution is 7.91. The monoisotopic (exact) mass is 339 g/mol. The molecule has 0 fully saturated rings. The first kappa shape index (κ1) is 15.1. The number of sulfone groups is 1. The van der Waals surface area contributed by atoms with Crippen LogP contribution in [-0.2, 0) is 9.84 Å². The van der Waals surface area contributed by atoms with Gasteiger partial charge >= 0.3 is 0 Å². The van der Waals surface area contributed by atoms with E-state index in [-0.39, 0.29) is 18.2 Å². The van der Waals surface area contributed by atoms with Gasteiger partial charge in [-0.05, 0) is 42.0 Å². The van der Waals surface area contributed by atoms with E-state index in [1.807, 2.05) is 0 Å². The van der Waals surface area contributed by atoms with E-state index >= 15 is 0 Å². The number of benzene rings is 2. The van der Waals surface area contributed by atoms with E-state index in [0.29, 0.717) is 22.1 Å². The molecule has 116 valence electrons. The van der Waals surface area contributed by atoms with Gasteiger partial charge in [0, 0.05) is 11.6 Å². The van der Waals surface area contributed by atoms with Crippen LogP contribution in [-0.4, -0.2) is 21.8 Å². The lowest BCUT2D eigenvalue weighted by Gasteiger charge is -2.17. The first-order chi connectivity index (χ1) is 10.5. The van der Waals surface area contributed by atoms with Gasteiger partial charge in [-0.2, -0.15) is 0 Å². The molecule has 0 radical (unpaired) electrons. The zero-order valence-corrected chi connectivity index (χ0v) is 13.1. The molecule has 0 spiro atoms. The lowest BCUT2D eigenvalue weighted by Crippen LogP contribution is -2.22. The predicted octanol–water partition coefficient (Wildman–Crippen LogP) is 2.54. The van der Waals surface area contributed by atoms with Crippen molar-refractivity contribution in [2.45, 2.75) is 10.1 Å². The van der Waals surface area contributed by atoms with Gasteiger partial charge < -0.3 is 15.2 Å². The molecule has 0 amide bonds. The van der Waals surface area contributed by atoms with E-state index in [0.717, 1.165) is 0 Å². The molecule has 1 aliphatic rings. The fourth-order valence-electron chi connectivity index (χ4n) is 2.34. The molecule has 0 bridgehead atoms. The Kier molecular flexibility index (Phi) is 3.99. The smallest absolute Gasteiger partial charge is 0.231 e. The van der Waals surface area contributed by atoms with E-state index < -0.39 is 15.1 Å². The lowest BCUT2D eigenvalue weighted by molar-refractivity contribution is 0.174. The van der Waals surface area contributed by atoms with Gasteiger partial charge in [0.05, 0.1) is 4.90 Å². The van der Waals surface area contributed by atoms with Crippen LogP contribution in [0, 0.1) is 0 Å². The van der Waals surface area contributed by atoms with Crippen LogP contribution in [0.1, 0.15) is 10.8 Å². The molecular formula is C15H14ClNO4S. The zero-order chi connectivity index (χ0) is 15.7. The maximum atomic E-state index is 12.8. The second-order valence-corrected chi connectivity index (χ2v) is 7.40. The largest absolute Gasteiger partial charge is 0.454 e. The summed E-state index contributed by atoms with van der Waals surface area (Å²) in [5.74, 6) is 1.13. The number of hydrogen-bond donors (Lipinski definition) is 1. The minimum atomic E-state index is -3.62. The van der Waals surface area contributed by atoms with E-state index in [2.05, 4.69) is 0 Å². The quantitative estimate of drug-likeness (QED) is 0.926. The summed E-state index contributed by atoms with van der Waals surface area (Å²) < 4.78 is 36.1. The van der Waals surface area contributed by atoms with Gasteiger partial charge in [0.15, 0.2) is 21.3 Å². The van der Waals surface area contributed by atoms with Crippen LogP contribution in [0.3, 0.4) is 0 Å². The average molecular weight is 340 g/mol. The fraction of sp³-hybridized carbons (Fsp3) is 0.200. The minimum absolute atomic E-state index is 0.0371. The maximum absolute atomic E-state index is 12.8. The van der Waals surface area contributed by atoms with Gasteiger partial charge in [-0.3, -0.25) is 0 Å². The second kappa shape index (κ2) is 5.79. The Hall–Kier alpha value is -1.76. The van der Waals surface area contributed by atoms with Crippen molar-refractivity contribution in [3.05, 3.63) is 53.1 Å². The van der Waals surface area contributed by atoms with Gasteiger partial charge in [-0.1, -0.05) is 17.7 Å². The summed E-state index contributed by atoms with van der Waals surface area (Å²) in [5.41, 5.74) is 6.30. The number of fused-ring (bicyclic) bond motifs is 1. The zero-order valence-electron chi connectivity index (χ0n) is 11.5. The first-order valence-electron chi connectivity index (χ1n) is 6.61. The third-order valence-electron chi connectivity index (χ3n) is 3.50. The molecule has 2 aromatic rings. The van der Waals surface area contributed by atoms with E-state index in [9.17, 15) is 8.42 Å². The lowest BCUT2D eigenvalue weighted by atomic mass is 10.1. The molecule has 1 heterocycles. The van der Waals surface area contributed by atoms with Crippen LogP contribution in [0.5, 0.6) is 11.5 Å². The molecule has 0 aliphatic carbocycles. The number of halogens is 1. The Morgan fingerprint density at radius 1 is 1.09 bits per heavy atom. The molecule has 5 nitrogen and oxygen atoms in total. The van der Waals surface area contributed by atoms with Crippen LogP contribution in [0.25, 0.3) is 0 Å². The molecule has 1 aliphatic heterocycles. The summed E-state index contributed by atoms with van der Waals surface area (Å²) >= 11 is 5.81. The molecular weight excluding hydrogens is 326 g/mol. The topological polar surface area (TPSA) is 78.6 Å². The summed E-state index contributed by atoms with van der Waals surface area (Å²) in [6.45, 7) is 0.0978. The highest BCUT2D eigenvalue weighted by atomic mass is 35.5. The van der Waals surface area contributed by atoms with Crippen molar-refractivity contribution >= 4 is 21.4 Å². The van der Waals surface area contributed by atoms with Gasteiger partial charge in [0.25, 0.3) is 0 Å². The molecule has 22 heavy (non-hydrogen) atoms. The third kappa shape index (κ3) is 2.65. The SMILES string of the molecule is NC[C@@H](c1ccc2c(c1)OCO2)S(=O)(=O)c1ccc(Cl)cc1. The number of ether oxygens (including phenoxy) is 2. The number of nitrogens with two attached hydrogens (primary N) is 1. The van der Waals surface area contributed by atoms with E-state index in [4.69, 9.17) is 26.8 Å². The minimum Gasteiger partial charge on any atom is -0.454 e. The van der Waals surface area contributed by atoms with Crippen LogP contribution in [0.4, 0.5) is 0 Å². The molecule has 0 saturated carbocycles. The second-order valence-electron chi connectivity index (χ2n) is 4.84. The Balaban J connectivity index is 2.01. The van der Waals surface area contributed by atoms with E-state index in [1.54, 1.807) is 30.3 Å². The van der Waals surface area contributed by atoms with Crippen LogP contribution in [0.2, 0.25) is 5.02 Å². The van der Waals surface area contributed by atoms with Gasteiger partial charge in [-0.15, -0.1) is 0 Å². The first-order valence-corrected chi connectivity index (χ1v) is 8.54. The van der Waals surface area contributed by atoms with Crippen molar-refractivity contribution in [2.24, 2.45) is 5.73 Å². The molecule has 1 atom stereocenters. The van der Waals surface area contributed by atoms with Crippen LogP contribution < -0.4 is 15.2 Å². The summed E-state index contributed by atoms with van der Waals surface area (Å²) in [7, 11) is -3.62. The van der Waals surface area contributed by atoms with Crippen LogP contribution >= 0.6 is 11.6 Å². The van der Waals surface area contributed by atoms with Crippen LogP contribution in [0.15, 0.2) is 47.4 Å². The Morgan fingerprint density at radius 3 is 2.45 bits per heavy atom. The summed E-state index contributed by atoms with van der Waals surface area (Å²) in [6.07, 6.45) is 0. The standard InChI is InChI=1S/C15H14ClNO4S/c16-11-2-4-12(5-3-11)22(18,19)15(8-17)10-1-6-13-14(7-10)21-9-20-13/h1-7,15H,8-9,17H2/t15-/m0/s1. The molecule has 2 N–H and O–H groups in total. The van der Waals surface area contributed by atoms with Crippen molar-refractivity contribution in [1.29, 1.82) is 0 Å². The highest BCUT2D eigenvalue weighted by Crippen LogP contribution is 2.37. The third-order valence-corrected chi connectivity index (χ3v) is 5.89. The molecule has 3 rings (SSSR count). The molecule has 0 aromatic heterocycles. The molecule has 0 saturated heterocycles. The van der Waals surface area contributed by atoms with Gasteiger partial charge in [0.2, 0.25) is 6.79 Å². The van der Waals surface area contributed by atoms with Crippen molar-refractivity contribution in [3.8, 4) is 11.5 Å². The van der Waals surface area contributed by atoms with Gasteiger partial charge in [0.1, 0.15) is 5.25 Å².